The number of hydrogen-bond acceptors (Lipinski definition) is 0. The fraction of sp³-hybridized carbons (Fsp3) is 0.652. The van der Waals surface area contributed by atoms with Gasteiger partial charge < -0.3 is 0 Å². The second-order valence-electron chi connectivity index (χ2n) is 17.8. The highest BCUT2D eigenvalue weighted by Gasteiger charge is 2.57. The highest BCUT2D eigenvalue weighted by atomic mass is 31.1. The van der Waals surface area contributed by atoms with E-state index in [2.05, 4.69) is 138 Å². The Kier molecular flexibility index (Phi) is 11.2. The van der Waals surface area contributed by atoms with Crippen molar-refractivity contribution in [1.82, 2.24) is 0 Å². The fourth-order valence-electron chi connectivity index (χ4n) is 10.3. The minimum atomic E-state index is -0.0309. The van der Waals surface area contributed by atoms with Gasteiger partial charge in [-0.25, -0.2) is 0 Å². The van der Waals surface area contributed by atoms with Crippen LogP contribution in [0, 0.1) is 21.7 Å². The number of allylic oxidation sites excluding steroid dienone is 16. The molecule has 8 rings (SSSR count). The molecule has 8 heterocycles. The van der Waals surface area contributed by atoms with Crippen molar-refractivity contribution in [2.45, 2.75) is 151 Å². The van der Waals surface area contributed by atoms with E-state index in [0.717, 1.165) is 0 Å². The summed E-state index contributed by atoms with van der Waals surface area (Å²) in [6.07, 6.45) is 8.11. The van der Waals surface area contributed by atoms with Crippen molar-refractivity contribution >= 4 is 31.7 Å². The molecule has 0 amide bonds. The van der Waals surface area contributed by atoms with Gasteiger partial charge in [-0.15, -0.1) is 0 Å². The van der Waals surface area contributed by atoms with Crippen molar-refractivity contribution in [1.29, 1.82) is 0 Å². The molecule has 0 nitrogen and oxygen atoms in total. The van der Waals surface area contributed by atoms with Crippen LogP contribution in [0.4, 0.5) is 0 Å². The van der Waals surface area contributed by atoms with Crippen LogP contribution in [0.3, 0.4) is 0 Å². The molecule has 0 aromatic rings. The quantitative estimate of drug-likeness (QED) is 0.247. The zero-order valence-electron chi connectivity index (χ0n) is 36.0. The second-order valence-corrected chi connectivity index (χ2v) is 27.0. The van der Waals surface area contributed by atoms with Crippen LogP contribution in [0.15, 0.2) is 87.1 Å². The zero-order valence-corrected chi connectivity index (χ0v) is 39.6. The molecular formula is C46H72P4. The van der Waals surface area contributed by atoms with Crippen molar-refractivity contribution in [3.63, 3.8) is 0 Å². The first-order chi connectivity index (χ1) is 23.1. The van der Waals surface area contributed by atoms with Crippen molar-refractivity contribution in [3.8, 4) is 0 Å². The lowest BCUT2D eigenvalue weighted by Gasteiger charge is -2.32. The number of fused-ring (bicyclic) bond motifs is 8. The maximum absolute atomic E-state index is 2.50. The summed E-state index contributed by atoms with van der Waals surface area (Å²) in [5, 5.41) is 14.3. The first-order valence-electron chi connectivity index (χ1n) is 19.8. The van der Waals surface area contributed by atoms with Crippen molar-refractivity contribution in [3.05, 3.63) is 87.1 Å². The molecule has 8 aliphatic rings. The monoisotopic (exact) mass is 748 g/mol. The molecule has 0 aromatic heterocycles. The van der Waals surface area contributed by atoms with Crippen LogP contribution in [0.5, 0.6) is 0 Å². The molecule has 0 N–H and O–H groups in total. The molecule has 0 unspecified atom stereocenters. The molecule has 0 radical (unpaired) electrons. The van der Waals surface area contributed by atoms with Gasteiger partial charge in [0.15, 0.2) is 0 Å². The van der Waals surface area contributed by atoms with E-state index in [1.54, 1.807) is 65.8 Å². The van der Waals surface area contributed by atoms with Gasteiger partial charge >= 0.3 is 0 Å². The average molecular weight is 749 g/mol. The Morgan fingerprint density at radius 2 is 0.460 bits per heavy atom. The van der Waals surface area contributed by atoms with Gasteiger partial charge in [-0.1, -0.05) is 113 Å². The van der Waals surface area contributed by atoms with Gasteiger partial charge in [0, 0.05) is 21.7 Å². The van der Waals surface area contributed by atoms with Crippen LogP contribution < -0.4 is 0 Å². The third kappa shape index (κ3) is 5.31. The second kappa shape index (κ2) is 13.7. The maximum atomic E-state index is 2.50. The molecule has 8 atom stereocenters. The standard InChI is InChI=1S/2C20H28P2.2C3H8/c2*1-11-15(5)21-9-19(11,7)13(3)17(21)18-14(4)20(8)10-22(18)16(6)12(20)2;2*1-3-2/h2*9-10H2,1-8H3;2*3H2,1-2H3/t2*19-,20-,21+,22+;;/m10../s1. The van der Waals surface area contributed by atoms with Crippen LogP contribution in [0.25, 0.3) is 0 Å². The highest BCUT2D eigenvalue weighted by molar-refractivity contribution is 7.73. The van der Waals surface area contributed by atoms with E-state index < -0.39 is 0 Å². The van der Waals surface area contributed by atoms with E-state index >= 15 is 0 Å². The molecule has 0 aromatic carbocycles. The smallest absolute Gasteiger partial charge is 0.0148 e. The molecule has 0 fully saturated rings. The molecule has 0 saturated carbocycles. The molecule has 0 spiro atoms. The molecule has 0 saturated heterocycles. The van der Waals surface area contributed by atoms with Crippen molar-refractivity contribution < 1.29 is 0 Å². The van der Waals surface area contributed by atoms with Gasteiger partial charge in [-0.05, 0) is 182 Å². The van der Waals surface area contributed by atoms with Crippen molar-refractivity contribution in [2.75, 3.05) is 24.6 Å². The van der Waals surface area contributed by atoms with Gasteiger partial charge in [0.05, 0.1) is 0 Å². The number of hydrogen-bond donors (Lipinski definition) is 0. The van der Waals surface area contributed by atoms with Crippen LogP contribution in [0.2, 0.25) is 0 Å². The minimum Gasteiger partial charge on any atom is -0.0656 e. The van der Waals surface area contributed by atoms with Crippen LogP contribution >= 0.6 is 31.7 Å². The Morgan fingerprint density at radius 1 is 0.320 bits per heavy atom. The average Bonchev–Trinajstić information content (AvgIpc) is 3.87. The Morgan fingerprint density at radius 3 is 0.580 bits per heavy atom. The zero-order chi connectivity index (χ0) is 37.8. The lowest BCUT2D eigenvalue weighted by molar-refractivity contribution is 0.557. The Hall–Kier alpha value is -0.360. The molecular weight excluding hydrogens is 676 g/mol. The highest BCUT2D eigenvalue weighted by Crippen LogP contribution is 2.84. The summed E-state index contributed by atoms with van der Waals surface area (Å²) in [4.78, 5) is 0. The largest absolute Gasteiger partial charge is 0.0656 e. The van der Waals surface area contributed by atoms with E-state index in [9.17, 15) is 0 Å². The fourth-order valence-corrected chi connectivity index (χ4v) is 26.0. The molecule has 8 bridgehead atoms. The summed E-state index contributed by atoms with van der Waals surface area (Å²) in [5.74, 6) is 0. The van der Waals surface area contributed by atoms with E-state index in [-0.39, 0.29) is 31.7 Å². The topological polar surface area (TPSA) is 0 Å². The Labute approximate surface area is 315 Å². The van der Waals surface area contributed by atoms with Gasteiger partial charge in [0.25, 0.3) is 0 Å². The van der Waals surface area contributed by atoms with Gasteiger partial charge in [0.1, 0.15) is 0 Å². The van der Waals surface area contributed by atoms with E-state index in [1.807, 2.05) is 21.3 Å². The normalized spacial score (nSPS) is 39.1. The third-order valence-corrected chi connectivity index (χ3v) is 28.4. The summed E-state index contributed by atoms with van der Waals surface area (Å²) >= 11 is 0. The van der Waals surface area contributed by atoms with Gasteiger partial charge in [-0.3, -0.25) is 0 Å². The SMILES string of the molecule is CC1=C(C)[C@@]2(C)C[P@]1C(C1=C(C)[C@]3(C)C[P@@]1C(C)=C3C)=C2C.CC1=C(C)[C@]2(C)C[P@@]1C(C1=C(C)[C@@]3(C)C[P@]1C(C)=C3C)=C2C.CCC.CCC. The van der Waals surface area contributed by atoms with Gasteiger partial charge in [0.2, 0.25) is 0 Å². The predicted octanol–water partition coefficient (Wildman–Crippen LogP) is 17.1. The molecule has 8 aliphatic heterocycles. The summed E-state index contributed by atoms with van der Waals surface area (Å²) < 4.78 is 0. The predicted molar refractivity (Wildman–Crippen MR) is 236 cm³/mol. The molecule has 0 aliphatic carbocycles. The molecule has 276 valence electrons. The van der Waals surface area contributed by atoms with Crippen LogP contribution in [-0.4, -0.2) is 24.6 Å². The van der Waals surface area contributed by atoms with Crippen molar-refractivity contribution in [2.24, 2.45) is 21.7 Å². The summed E-state index contributed by atoms with van der Waals surface area (Å²) in [5.41, 5.74) is 15.1. The number of rotatable bonds is 2. The lowest BCUT2D eigenvalue weighted by atomic mass is 9.76. The van der Waals surface area contributed by atoms with E-state index in [1.165, 1.54) is 37.5 Å². The Bertz CT molecular complexity index is 1520. The third-order valence-electron chi connectivity index (χ3n) is 15.3. The van der Waals surface area contributed by atoms with Crippen LogP contribution in [0.1, 0.15) is 151 Å². The van der Waals surface area contributed by atoms with Gasteiger partial charge in [-0.2, -0.15) is 0 Å². The maximum Gasteiger partial charge on any atom is 0.0148 e. The lowest BCUT2D eigenvalue weighted by Crippen LogP contribution is -2.19. The summed E-state index contributed by atoms with van der Waals surface area (Å²) in [6, 6.07) is 0. The molecule has 50 heavy (non-hydrogen) atoms. The summed E-state index contributed by atoms with van der Waals surface area (Å²) in [7, 11) is -0.124. The molecule has 4 heteroatoms. The first-order valence-corrected chi connectivity index (χ1v) is 25.9. The van der Waals surface area contributed by atoms with E-state index in [0.29, 0.717) is 21.7 Å². The van der Waals surface area contributed by atoms with Crippen LogP contribution in [-0.2, 0) is 0 Å². The first kappa shape index (κ1) is 40.8. The summed E-state index contributed by atoms with van der Waals surface area (Å²) in [6.45, 7) is 47.6. The minimum absolute atomic E-state index is 0.0309. The van der Waals surface area contributed by atoms with E-state index in [4.69, 9.17) is 0 Å². The Balaban J connectivity index is 0.000000168.